The van der Waals surface area contributed by atoms with Crippen molar-refractivity contribution in [3.05, 3.63) is 84.3 Å². The predicted octanol–water partition coefficient (Wildman–Crippen LogP) is 4.67. The molecule has 0 unspecified atom stereocenters. The lowest BCUT2D eigenvalue weighted by atomic mass is 9.98. The van der Waals surface area contributed by atoms with E-state index in [2.05, 4.69) is 33.4 Å². The molecular formula is C27H27N5O2. The Morgan fingerprint density at radius 2 is 1.76 bits per heavy atom. The molecule has 0 atom stereocenters. The van der Waals surface area contributed by atoms with Gasteiger partial charge in [0.1, 0.15) is 18.1 Å². The van der Waals surface area contributed by atoms with Gasteiger partial charge in [0.25, 0.3) is 0 Å². The van der Waals surface area contributed by atoms with Gasteiger partial charge in [0, 0.05) is 41.8 Å². The van der Waals surface area contributed by atoms with Gasteiger partial charge in [0.05, 0.1) is 11.4 Å². The van der Waals surface area contributed by atoms with Crippen molar-refractivity contribution in [2.75, 3.05) is 27.2 Å². The van der Waals surface area contributed by atoms with Crippen molar-refractivity contribution in [2.24, 2.45) is 5.16 Å². The maximum atomic E-state index is 9.27. The fourth-order valence-corrected chi connectivity index (χ4v) is 4.22. The molecule has 1 aliphatic rings. The first kappa shape index (κ1) is 21.9. The van der Waals surface area contributed by atoms with Crippen LogP contribution in [0.3, 0.4) is 0 Å². The SMILES string of the molecule is CN(C)CCOc1ccc(-n2cc(-c3ccc4c(c3)CC/C4=N/O)c(-c3ccncc3)n2)cc1. The molecule has 1 N–H and O–H groups in total. The normalized spacial score (nSPS) is 14.0. The van der Waals surface area contributed by atoms with E-state index in [-0.39, 0.29) is 0 Å². The summed E-state index contributed by atoms with van der Waals surface area (Å²) >= 11 is 0. The van der Waals surface area contributed by atoms with Gasteiger partial charge in [-0.15, -0.1) is 0 Å². The van der Waals surface area contributed by atoms with Crippen LogP contribution in [0.4, 0.5) is 0 Å². The van der Waals surface area contributed by atoms with Gasteiger partial charge < -0.3 is 14.8 Å². The van der Waals surface area contributed by atoms with Gasteiger partial charge in [-0.25, -0.2) is 4.68 Å². The third kappa shape index (κ3) is 4.43. The summed E-state index contributed by atoms with van der Waals surface area (Å²) in [5, 5.41) is 17.7. The Morgan fingerprint density at radius 1 is 0.971 bits per heavy atom. The molecule has 2 heterocycles. The largest absolute Gasteiger partial charge is 0.492 e. The van der Waals surface area contributed by atoms with Crippen molar-refractivity contribution in [3.63, 3.8) is 0 Å². The summed E-state index contributed by atoms with van der Waals surface area (Å²) in [7, 11) is 4.06. The molecule has 0 amide bonds. The van der Waals surface area contributed by atoms with E-state index < -0.39 is 0 Å². The number of benzene rings is 2. The number of fused-ring (bicyclic) bond motifs is 1. The number of pyridine rings is 1. The first-order valence-electron chi connectivity index (χ1n) is 11.3. The summed E-state index contributed by atoms with van der Waals surface area (Å²) in [6.45, 7) is 1.51. The molecule has 0 fully saturated rings. The van der Waals surface area contributed by atoms with E-state index in [1.807, 2.05) is 61.2 Å². The van der Waals surface area contributed by atoms with E-state index in [4.69, 9.17) is 9.84 Å². The lowest BCUT2D eigenvalue weighted by Gasteiger charge is -2.11. The zero-order valence-electron chi connectivity index (χ0n) is 19.3. The molecule has 7 nitrogen and oxygen atoms in total. The Labute approximate surface area is 198 Å². The summed E-state index contributed by atoms with van der Waals surface area (Å²) in [5.41, 5.74) is 7.94. The summed E-state index contributed by atoms with van der Waals surface area (Å²) in [6.07, 6.45) is 7.26. The molecule has 1 aliphatic carbocycles. The van der Waals surface area contributed by atoms with Gasteiger partial charge >= 0.3 is 0 Å². The summed E-state index contributed by atoms with van der Waals surface area (Å²) in [4.78, 5) is 6.25. The van der Waals surface area contributed by atoms with Crippen LogP contribution in [0.5, 0.6) is 5.75 Å². The molecule has 0 spiro atoms. The van der Waals surface area contributed by atoms with E-state index in [0.29, 0.717) is 6.61 Å². The van der Waals surface area contributed by atoms with Crippen LogP contribution in [0.15, 0.2) is 78.3 Å². The Balaban J connectivity index is 1.50. The molecule has 34 heavy (non-hydrogen) atoms. The second kappa shape index (κ2) is 9.49. The number of hydrogen-bond acceptors (Lipinski definition) is 6. The summed E-state index contributed by atoms with van der Waals surface area (Å²) in [5.74, 6) is 0.840. The lowest BCUT2D eigenvalue weighted by Crippen LogP contribution is -2.19. The van der Waals surface area contributed by atoms with Gasteiger partial charge in [-0.05, 0) is 74.5 Å². The number of hydrogen-bond donors (Lipinski definition) is 1. The van der Waals surface area contributed by atoms with Crippen molar-refractivity contribution < 1.29 is 9.94 Å². The fourth-order valence-electron chi connectivity index (χ4n) is 4.22. The van der Waals surface area contributed by atoms with Crippen LogP contribution < -0.4 is 4.74 Å². The molecule has 4 aromatic rings. The molecular weight excluding hydrogens is 426 g/mol. The Morgan fingerprint density at radius 3 is 2.50 bits per heavy atom. The zero-order chi connectivity index (χ0) is 23.5. The maximum absolute atomic E-state index is 9.27. The third-order valence-electron chi connectivity index (χ3n) is 6.06. The van der Waals surface area contributed by atoms with Crippen LogP contribution in [0, 0.1) is 0 Å². The van der Waals surface area contributed by atoms with Crippen LogP contribution in [-0.4, -0.2) is 57.8 Å². The van der Waals surface area contributed by atoms with Gasteiger partial charge in [-0.2, -0.15) is 5.10 Å². The first-order chi connectivity index (χ1) is 16.6. The standard InChI is InChI=1S/C27H27N5O2/c1-31(2)15-16-34-23-7-5-22(6-8-23)32-18-25(27(29-32)19-11-13-28-14-12-19)21-3-9-24-20(17-21)4-10-26(24)30-33/h3,5-9,11-14,17-18,33H,4,10,15-16H2,1-2H3/b30-26-. The van der Waals surface area contributed by atoms with Crippen LogP contribution in [0.2, 0.25) is 0 Å². The number of rotatable bonds is 7. The minimum absolute atomic E-state index is 0.644. The molecule has 0 saturated heterocycles. The fraction of sp³-hybridized carbons (Fsp3) is 0.222. The number of aromatic nitrogens is 3. The average Bonchev–Trinajstić information content (AvgIpc) is 3.49. The number of nitrogens with zero attached hydrogens (tertiary/aromatic N) is 5. The maximum Gasteiger partial charge on any atom is 0.119 e. The van der Waals surface area contributed by atoms with Gasteiger partial charge in [-0.1, -0.05) is 23.4 Å². The van der Waals surface area contributed by atoms with Crippen molar-refractivity contribution in [1.82, 2.24) is 19.7 Å². The van der Waals surface area contributed by atoms with Crippen molar-refractivity contribution >= 4 is 5.71 Å². The molecule has 7 heteroatoms. The monoisotopic (exact) mass is 453 g/mol. The molecule has 5 rings (SSSR count). The Kier molecular flexibility index (Phi) is 6.10. The van der Waals surface area contributed by atoms with Gasteiger partial charge in [-0.3, -0.25) is 4.98 Å². The van der Waals surface area contributed by atoms with Crippen molar-refractivity contribution in [1.29, 1.82) is 0 Å². The molecule has 172 valence electrons. The van der Waals surface area contributed by atoms with Crippen LogP contribution in [0.25, 0.3) is 28.1 Å². The first-order valence-corrected chi connectivity index (χ1v) is 11.3. The van der Waals surface area contributed by atoms with Crippen molar-refractivity contribution in [2.45, 2.75) is 12.8 Å². The molecule has 0 bridgehead atoms. The molecule has 2 aromatic heterocycles. The van der Waals surface area contributed by atoms with Crippen LogP contribution in [-0.2, 0) is 6.42 Å². The minimum atomic E-state index is 0.644. The van der Waals surface area contributed by atoms with E-state index in [0.717, 1.165) is 64.5 Å². The summed E-state index contributed by atoms with van der Waals surface area (Å²) in [6, 6.07) is 18.2. The van der Waals surface area contributed by atoms with E-state index in [9.17, 15) is 5.21 Å². The smallest absolute Gasteiger partial charge is 0.119 e. The summed E-state index contributed by atoms with van der Waals surface area (Å²) < 4.78 is 7.74. The highest BCUT2D eigenvalue weighted by Crippen LogP contribution is 2.35. The molecule has 0 saturated carbocycles. The second-order valence-corrected chi connectivity index (χ2v) is 8.64. The highest BCUT2D eigenvalue weighted by molar-refractivity contribution is 6.04. The van der Waals surface area contributed by atoms with Crippen molar-refractivity contribution in [3.8, 4) is 33.8 Å². The number of ether oxygens (including phenoxy) is 1. The van der Waals surface area contributed by atoms with Crippen LogP contribution >= 0.6 is 0 Å². The Bertz CT molecular complexity index is 1310. The van der Waals surface area contributed by atoms with Crippen LogP contribution in [0.1, 0.15) is 17.5 Å². The molecule has 0 aliphatic heterocycles. The van der Waals surface area contributed by atoms with E-state index in [1.165, 1.54) is 5.56 Å². The van der Waals surface area contributed by atoms with E-state index >= 15 is 0 Å². The number of aryl methyl sites for hydroxylation is 1. The topological polar surface area (TPSA) is 75.8 Å². The van der Waals surface area contributed by atoms with Gasteiger partial charge in [0.2, 0.25) is 0 Å². The second-order valence-electron chi connectivity index (χ2n) is 8.64. The van der Waals surface area contributed by atoms with E-state index in [1.54, 1.807) is 12.4 Å². The third-order valence-corrected chi connectivity index (χ3v) is 6.06. The minimum Gasteiger partial charge on any atom is -0.492 e. The number of oxime groups is 1. The quantitative estimate of drug-likeness (QED) is 0.325. The highest BCUT2D eigenvalue weighted by atomic mass is 16.5. The number of likely N-dealkylation sites (N-methyl/N-ethyl adjacent to an activating group) is 1. The average molecular weight is 454 g/mol. The highest BCUT2D eigenvalue weighted by Gasteiger charge is 2.21. The van der Waals surface area contributed by atoms with Gasteiger partial charge in [0.15, 0.2) is 0 Å². The zero-order valence-corrected chi connectivity index (χ0v) is 19.3. The predicted molar refractivity (Wildman–Crippen MR) is 133 cm³/mol. The molecule has 0 radical (unpaired) electrons. The lowest BCUT2D eigenvalue weighted by molar-refractivity contribution is 0.261. The molecule has 2 aromatic carbocycles. The Hall–Kier alpha value is -3.97.